The van der Waals surface area contributed by atoms with Crippen LogP contribution in [0.5, 0.6) is 0 Å². The van der Waals surface area contributed by atoms with Gasteiger partial charge in [-0.05, 0) is 12.3 Å². The lowest BCUT2D eigenvalue weighted by Gasteiger charge is -2.28. The molecule has 1 aliphatic heterocycles. The van der Waals surface area contributed by atoms with E-state index in [0.717, 1.165) is 0 Å². The third-order valence-electron chi connectivity index (χ3n) is 2.98. The summed E-state index contributed by atoms with van der Waals surface area (Å²) in [5.74, 6) is -2.10. The van der Waals surface area contributed by atoms with Gasteiger partial charge in [0.25, 0.3) is 0 Å². The minimum Gasteiger partial charge on any atom is -0.481 e. The van der Waals surface area contributed by atoms with E-state index in [1.54, 1.807) is 6.92 Å². The molecule has 2 unspecified atom stereocenters. The molecular formula is C8H14O5S. The molecule has 0 amide bonds. The molecule has 14 heavy (non-hydrogen) atoms. The van der Waals surface area contributed by atoms with Crippen LogP contribution in [0.1, 0.15) is 13.3 Å². The first-order chi connectivity index (χ1) is 6.34. The number of aliphatic hydroxyl groups is 1. The van der Waals surface area contributed by atoms with Crippen molar-refractivity contribution < 1.29 is 23.4 Å². The zero-order valence-electron chi connectivity index (χ0n) is 7.93. The molecule has 0 radical (unpaired) electrons. The predicted octanol–water partition coefficient (Wildman–Crippen LogP) is -0.496. The normalized spacial score (nSPS) is 32.7. The largest absolute Gasteiger partial charge is 0.481 e. The molecule has 5 nitrogen and oxygen atoms in total. The molecule has 0 saturated carbocycles. The maximum Gasteiger partial charge on any atom is 0.311 e. The second-order valence-corrected chi connectivity index (χ2v) is 6.07. The van der Waals surface area contributed by atoms with Crippen LogP contribution in [0.3, 0.4) is 0 Å². The van der Waals surface area contributed by atoms with Gasteiger partial charge in [0.15, 0.2) is 9.84 Å². The van der Waals surface area contributed by atoms with Gasteiger partial charge in [0.2, 0.25) is 0 Å². The maximum atomic E-state index is 11.2. The van der Waals surface area contributed by atoms with E-state index in [4.69, 9.17) is 10.2 Å². The topological polar surface area (TPSA) is 91.7 Å². The number of carboxylic acids is 1. The van der Waals surface area contributed by atoms with Crippen LogP contribution < -0.4 is 0 Å². The SMILES string of the molecule is CC(CO)C1(C(=O)O)CCS(=O)(=O)C1. The lowest BCUT2D eigenvalue weighted by molar-refractivity contribution is -0.151. The van der Waals surface area contributed by atoms with Crippen LogP contribution in [0.15, 0.2) is 0 Å². The molecule has 82 valence electrons. The number of sulfone groups is 1. The summed E-state index contributed by atoms with van der Waals surface area (Å²) in [6, 6.07) is 0. The molecule has 2 atom stereocenters. The minimum atomic E-state index is -3.25. The van der Waals surface area contributed by atoms with Gasteiger partial charge < -0.3 is 10.2 Å². The first kappa shape index (κ1) is 11.5. The molecule has 0 aromatic carbocycles. The van der Waals surface area contributed by atoms with E-state index in [1.165, 1.54) is 0 Å². The quantitative estimate of drug-likeness (QED) is 0.672. The highest BCUT2D eigenvalue weighted by atomic mass is 32.2. The number of rotatable bonds is 3. The van der Waals surface area contributed by atoms with Crippen molar-refractivity contribution in [2.45, 2.75) is 13.3 Å². The number of hydrogen-bond acceptors (Lipinski definition) is 4. The lowest BCUT2D eigenvalue weighted by Crippen LogP contribution is -2.40. The van der Waals surface area contributed by atoms with Crippen LogP contribution in [0.25, 0.3) is 0 Å². The Kier molecular flexibility index (Phi) is 2.87. The molecule has 6 heteroatoms. The Labute approximate surface area is 82.7 Å². The van der Waals surface area contributed by atoms with Crippen molar-refractivity contribution in [2.75, 3.05) is 18.1 Å². The van der Waals surface area contributed by atoms with Gasteiger partial charge in [0.1, 0.15) is 0 Å². The van der Waals surface area contributed by atoms with Crippen LogP contribution in [0, 0.1) is 11.3 Å². The third-order valence-corrected chi connectivity index (χ3v) is 4.76. The Morgan fingerprint density at radius 2 is 2.14 bits per heavy atom. The van der Waals surface area contributed by atoms with Crippen molar-refractivity contribution in [1.29, 1.82) is 0 Å². The van der Waals surface area contributed by atoms with Gasteiger partial charge in [-0.15, -0.1) is 0 Å². The molecule has 0 aromatic rings. The standard InChI is InChI=1S/C8H14O5S/c1-6(4-9)8(7(10)11)2-3-14(12,13)5-8/h6,9H,2-5H2,1H3,(H,10,11). The molecule has 0 bridgehead atoms. The Morgan fingerprint density at radius 3 is 2.43 bits per heavy atom. The van der Waals surface area contributed by atoms with Crippen molar-refractivity contribution in [3.63, 3.8) is 0 Å². The Balaban J connectivity index is 3.04. The molecule has 1 saturated heterocycles. The molecule has 0 spiro atoms. The fraction of sp³-hybridized carbons (Fsp3) is 0.875. The number of aliphatic hydroxyl groups excluding tert-OH is 1. The number of hydrogen-bond donors (Lipinski definition) is 2. The fourth-order valence-electron chi connectivity index (χ4n) is 1.82. The number of aliphatic carboxylic acids is 1. The zero-order chi connectivity index (χ0) is 11.0. The summed E-state index contributed by atoms with van der Waals surface area (Å²) in [4.78, 5) is 11.0. The number of carboxylic acid groups (broad SMARTS) is 1. The van der Waals surface area contributed by atoms with E-state index in [9.17, 15) is 13.2 Å². The van der Waals surface area contributed by atoms with Gasteiger partial charge in [0, 0.05) is 6.61 Å². The predicted molar refractivity (Wildman–Crippen MR) is 49.6 cm³/mol. The first-order valence-electron chi connectivity index (χ1n) is 4.39. The highest BCUT2D eigenvalue weighted by Crippen LogP contribution is 2.39. The second-order valence-electron chi connectivity index (χ2n) is 3.89. The lowest BCUT2D eigenvalue weighted by atomic mass is 9.76. The first-order valence-corrected chi connectivity index (χ1v) is 6.21. The molecule has 1 heterocycles. The van der Waals surface area contributed by atoms with Crippen LogP contribution in [-0.4, -0.2) is 42.7 Å². The van der Waals surface area contributed by atoms with Crippen molar-refractivity contribution in [3.8, 4) is 0 Å². The highest BCUT2D eigenvalue weighted by Gasteiger charge is 2.51. The molecule has 1 aliphatic rings. The van der Waals surface area contributed by atoms with Crippen LogP contribution >= 0.6 is 0 Å². The summed E-state index contributed by atoms with van der Waals surface area (Å²) in [6.07, 6.45) is 0.104. The molecule has 1 fully saturated rings. The summed E-state index contributed by atoms with van der Waals surface area (Å²) >= 11 is 0. The molecule has 1 rings (SSSR count). The van der Waals surface area contributed by atoms with Crippen LogP contribution in [0.4, 0.5) is 0 Å². The zero-order valence-corrected chi connectivity index (χ0v) is 8.75. The van der Waals surface area contributed by atoms with Crippen LogP contribution in [0.2, 0.25) is 0 Å². The average Bonchev–Trinajstić information content (AvgIpc) is 2.42. The van der Waals surface area contributed by atoms with E-state index in [-0.39, 0.29) is 24.5 Å². The van der Waals surface area contributed by atoms with E-state index in [0.29, 0.717) is 0 Å². The maximum absolute atomic E-state index is 11.2. The molecule has 2 N–H and O–H groups in total. The van der Waals surface area contributed by atoms with E-state index in [1.807, 2.05) is 0 Å². The minimum absolute atomic E-state index is 0.0936. The Hall–Kier alpha value is -0.620. The van der Waals surface area contributed by atoms with E-state index >= 15 is 0 Å². The van der Waals surface area contributed by atoms with Gasteiger partial charge >= 0.3 is 5.97 Å². The van der Waals surface area contributed by atoms with Gasteiger partial charge in [-0.3, -0.25) is 4.79 Å². The highest BCUT2D eigenvalue weighted by molar-refractivity contribution is 7.91. The van der Waals surface area contributed by atoms with Gasteiger partial charge in [-0.1, -0.05) is 6.92 Å². The van der Waals surface area contributed by atoms with Crippen LogP contribution in [-0.2, 0) is 14.6 Å². The summed E-state index contributed by atoms with van der Waals surface area (Å²) in [5.41, 5.74) is -1.28. The van der Waals surface area contributed by atoms with Crippen molar-refractivity contribution in [1.82, 2.24) is 0 Å². The average molecular weight is 222 g/mol. The molecule has 0 aliphatic carbocycles. The van der Waals surface area contributed by atoms with Crippen molar-refractivity contribution >= 4 is 15.8 Å². The van der Waals surface area contributed by atoms with Crippen molar-refractivity contribution in [2.24, 2.45) is 11.3 Å². The summed E-state index contributed by atoms with van der Waals surface area (Å²) in [7, 11) is -3.25. The van der Waals surface area contributed by atoms with Gasteiger partial charge in [-0.25, -0.2) is 8.42 Å². The number of carbonyl (C=O) groups is 1. The van der Waals surface area contributed by atoms with Gasteiger partial charge in [0.05, 0.1) is 16.9 Å². The Bertz CT molecular complexity index is 334. The second kappa shape index (κ2) is 3.51. The van der Waals surface area contributed by atoms with E-state index < -0.39 is 27.1 Å². The molecular weight excluding hydrogens is 208 g/mol. The van der Waals surface area contributed by atoms with Crippen molar-refractivity contribution in [3.05, 3.63) is 0 Å². The third kappa shape index (κ3) is 1.76. The summed E-state index contributed by atoms with van der Waals surface area (Å²) in [6.45, 7) is 1.26. The Morgan fingerprint density at radius 1 is 1.57 bits per heavy atom. The summed E-state index contributed by atoms with van der Waals surface area (Å²) in [5, 5.41) is 17.9. The van der Waals surface area contributed by atoms with E-state index in [2.05, 4.69) is 0 Å². The van der Waals surface area contributed by atoms with Gasteiger partial charge in [-0.2, -0.15) is 0 Å². The monoisotopic (exact) mass is 222 g/mol. The fourth-order valence-corrected chi connectivity index (χ4v) is 3.97. The smallest absolute Gasteiger partial charge is 0.311 e. The summed E-state index contributed by atoms with van der Waals surface area (Å²) < 4.78 is 22.5. The molecule has 0 aromatic heterocycles.